The smallest absolute Gasteiger partial charge is 0.181 e. The van der Waals surface area contributed by atoms with Crippen molar-refractivity contribution < 1.29 is 4.39 Å². The van der Waals surface area contributed by atoms with Gasteiger partial charge in [0.2, 0.25) is 0 Å². The molecule has 0 amide bonds. The number of hydrogen-bond donors (Lipinski definition) is 0. The average molecular weight is 458 g/mol. The maximum absolute atomic E-state index is 13.1. The molecule has 3 nitrogen and oxygen atoms in total. The second kappa shape index (κ2) is 6.23. The largest absolute Gasteiger partial charge is 0.248 e. The Kier molecular flexibility index (Phi) is 4.34. The van der Waals surface area contributed by atoms with E-state index in [1.54, 1.807) is 17.1 Å². The molecule has 0 N–H and O–H groups in total. The van der Waals surface area contributed by atoms with Crippen molar-refractivity contribution in [2.24, 2.45) is 0 Å². The van der Waals surface area contributed by atoms with E-state index in [0.717, 1.165) is 15.6 Å². The van der Waals surface area contributed by atoms with E-state index in [1.165, 1.54) is 15.7 Å². The average Bonchev–Trinajstić information content (AvgIpc) is 2.91. The Morgan fingerprint density at radius 2 is 1.90 bits per heavy atom. The molecule has 0 spiro atoms. The molecule has 21 heavy (non-hydrogen) atoms. The van der Waals surface area contributed by atoms with Crippen LogP contribution in [0.5, 0.6) is 0 Å². The van der Waals surface area contributed by atoms with Crippen LogP contribution in [0.25, 0.3) is 11.4 Å². The number of halogens is 3. The third kappa shape index (κ3) is 3.49. The van der Waals surface area contributed by atoms with Gasteiger partial charge in [0.05, 0.1) is 6.54 Å². The van der Waals surface area contributed by atoms with Crippen LogP contribution < -0.4 is 0 Å². The van der Waals surface area contributed by atoms with E-state index in [4.69, 9.17) is 0 Å². The third-order valence-electron chi connectivity index (χ3n) is 2.99. The van der Waals surface area contributed by atoms with Crippen LogP contribution in [0.3, 0.4) is 0 Å². The van der Waals surface area contributed by atoms with E-state index >= 15 is 0 Å². The van der Waals surface area contributed by atoms with Crippen molar-refractivity contribution in [3.8, 4) is 11.4 Å². The predicted octanol–water partition coefficient (Wildman–Crippen LogP) is 4.50. The predicted molar refractivity (Wildman–Crippen MR) is 91.4 cm³/mol. The minimum absolute atomic E-state index is 0.260. The fraction of sp³-hybridized carbons (Fsp3) is 0.0667. The summed E-state index contributed by atoms with van der Waals surface area (Å²) in [5, 5.41) is 4.46. The summed E-state index contributed by atoms with van der Waals surface area (Å²) in [6, 6.07) is 12.7. The summed E-state index contributed by atoms with van der Waals surface area (Å²) in [6.07, 6.45) is 1.68. The molecule has 0 unspecified atom stereocenters. The van der Waals surface area contributed by atoms with Crippen molar-refractivity contribution in [3.05, 3.63) is 68.2 Å². The van der Waals surface area contributed by atoms with Gasteiger partial charge in [-0.3, -0.25) is 0 Å². The molecule has 1 heterocycles. The van der Waals surface area contributed by atoms with Gasteiger partial charge in [0, 0.05) is 13.6 Å². The van der Waals surface area contributed by atoms with Crippen LogP contribution in [-0.4, -0.2) is 14.8 Å². The Labute approximate surface area is 143 Å². The van der Waals surface area contributed by atoms with Crippen molar-refractivity contribution in [2.75, 3.05) is 0 Å². The summed E-state index contributed by atoms with van der Waals surface area (Å²) in [5.41, 5.74) is 1.93. The molecule has 3 aromatic rings. The first kappa shape index (κ1) is 14.6. The highest BCUT2D eigenvalue weighted by atomic mass is 127. The molecule has 106 valence electrons. The zero-order chi connectivity index (χ0) is 14.8. The quantitative estimate of drug-likeness (QED) is 0.542. The third-order valence-corrected chi connectivity index (χ3v) is 4.44. The number of benzene rings is 2. The van der Waals surface area contributed by atoms with Gasteiger partial charge in [-0.15, -0.1) is 0 Å². The molecule has 0 bridgehead atoms. The van der Waals surface area contributed by atoms with E-state index < -0.39 is 0 Å². The maximum Gasteiger partial charge on any atom is 0.181 e. The Morgan fingerprint density at radius 3 is 2.62 bits per heavy atom. The fourth-order valence-corrected chi connectivity index (χ4v) is 2.76. The topological polar surface area (TPSA) is 30.7 Å². The summed E-state index contributed by atoms with van der Waals surface area (Å²) >= 11 is 5.62. The molecule has 0 saturated carbocycles. The number of rotatable bonds is 3. The summed E-state index contributed by atoms with van der Waals surface area (Å²) in [5.74, 6) is 0.424. The monoisotopic (exact) mass is 457 g/mol. The molecule has 0 aliphatic carbocycles. The first-order chi connectivity index (χ1) is 10.1. The zero-order valence-corrected chi connectivity index (χ0v) is 14.5. The molecular weight excluding hydrogens is 448 g/mol. The van der Waals surface area contributed by atoms with Crippen LogP contribution >= 0.6 is 38.5 Å². The number of aromatic nitrogens is 3. The molecule has 3 rings (SSSR count). The van der Waals surface area contributed by atoms with Crippen LogP contribution in [0.2, 0.25) is 0 Å². The van der Waals surface area contributed by atoms with Crippen molar-refractivity contribution in [1.29, 1.82) is 0 Å². The van der Waals surface area contributed by atoms with E-state index in [-0.39, 0.29) is 5.82 Å². The van der Waals surface area contributed by atoms with Gasteiger partial charge < -0.3 is 0 Å². The van der Waals surface area contributed by atoms with Gasteiger partial charge in [0.25, 0.3) is 0 Å². The molecule has 1 aromatic heterocycles. The van der Waals surface area contributed by atoms with Crippen molar-refractivity contribution >= 4 is 38.5 Å². The molecule has 0 saturated heterocycles. The maximum atomic E-state index is 13.1. The van der Waals surface area contributed by atoms with Gasteiger partial charge in [-0.1, -0.05) is 34.1 Å². The van der Waals surface area contributed by atoms with E-state index in [9.17, 15) is 4.39 Å². The van der Waals surface area contributed by atoms with E-state index in [0.29, 0.717) is 12.4 Å². The lowest BCUT2D eigenvalue weighted by Crippen LogP contribution is -2.01. The zero-order valence-electron chi connectivity index (χ0n) is 10.8. The van der Waals surface area contributed by atoms with E-state index in [1.807, 2.05) is 24.3 Å². The van der Waals surface area contributed by atoms with Gasteiger partial charge in [-0.05, 0) is 52.4 Å². The minimum Gasteiger partial charge on any atom is -0.248 e. The van der Waals surface area contributed by atoms with Crippen LogP contribution in [0.4, 0.5) is 4.39 Å². The Hall–Kier alpha value is -1.28. The molecule has 6 heteroatoms. The first-order valence-corrected chi connectivity index (χ1v) is 8.08. The Balaban J connectivity index is 1.83. The van der Waals surface area contributed by atoms with Crippen LogP contribution in [0.1, 0.15) is 5.56 Å². The number of hydrogen-bond acceptors (Lipinski definition) is 2. The molecule has 2 aromatic carbocycles. The van der Waals surface area contributed by atoms with Crippen LogP contribution in [0.15, 0.2) is 53.3 Å². The van der Waals surface area contributed by atoms with Gasteiger partial charge in [-0.25, -0.2) is 14.1 Å². The van der Waals surface area contributed by atoms with Crippen molar-refractivity contribution in [3.63, 3.8) is 0 Å². The number of nitrogens with zero attached hydrogens (tertiary/aromatic N) is 3. The van der Waals surface area contributed by atoms with Gasteiger partial charge in [-0.2, -0.15) is 5.10 Å². The normalized spacial score (nSPS) is 10.8. The lowest BCUT2D eigenvalue weighted by atomic mass is 10.2. The molecule has 0 atom stereocenters. The SMILES string of the molecule is Fc1ccc(Cn2cnc(-c3ccc(I)cc3)n2)c(Br)c1. The van der Waals surface area contributed by atoms with Crippen LogP contribution in [-0.2, 0) is 6.54 Å². The standard InChI is InChI=1S/C15H10BrFIN3/c16-14-7-12(17)4-1-11(14)8-21-9-19-15(20-21)10-2-5-13(18)6-3-10/h1-7,9H,8H2. The summed E-state index contributed by atoms with van der Waals surface area (Å²) in [7, 11) is 0. The minimum atomic E-state index is -0.260. The van der Waals surface area contributed by atoms with Crippen molar-refractivity contribution in [1.82, 2.24) is 14.8 Å². The second-order valence-corrected chi connectivity index (χ2v) is 6.61. The van der Waals surface area contributed by atoms with Gasteiger partial charge in [0.1, 0.15) is 12.1 Å². The Morgan fingerprint density at radius 1 is 1.14 bits per heavy atom. The second-order valence-electron chi connectivity index (χ2n) is 4.51. The highest BCUT2D eigenvalue weighted by Crippen LogP contribution is 2.20. The lowest BCUT2D eigenvalue weighted by molar-refractivity contribution is 0.623. The summed E-state index contributed by atoms with van der Waals surface area (Å²) in [6.45, 7) is 0.540. The van der Waals surface area contributed by atoms with Crippen LogP contribution in [0, 0.1) is 9.39 Å². The van der Waals surface area contributed by atoms with Gasteiger partial charge >= 0.3 is 0 Å². The first-order valence-electron chi connectivity index (χ1n) is 6.21. The van der Waals surface area contributed by atoms with E-state index in [2.05, 4.69) is 48.6 Å². The highest BCUT2D eigenvalue weighted by molar-refractivity contribution is 14.1. The summed E-state index contributed by atoms with van der Waals surface area (Å²) < 4.78 is 16.7. The Bertz CT molecular complexity index is 771. The highest BCUT2D eigenvalue weighted by Gasteiger charge is 2.07. The molecular formula is C15H10BrFIN3. The molecule has 0 fully saturated rings. The molecule has 0 radical (unpaired) electrons. The lowest BCUT2D eigenvalue weighted by Gasteiger charge is -2.04. The van der Waals surface area contributed by atoms with Crippen molar-refractivity contribution in [2.45, 2.75) is 6.54 Å². The molecule has 0 aliphatic rings. The molecule has 0 aliphatic heterocycles. The summed E-state index contributed by atoms with van der Waals surface area (Å²) in [4.78, 5) is 4.32. The van der Waals surface area contributed by atoms with Gasteiger partial charge in [0.15, 0.2) is 5.82 Å². The fourth-order valence-electron chi connectivity index (χ4n) is 1.93.